The minimum absolute atomic E-state index is 0.00511. The van der Waals surface area contributed by atoms with Crippen molar-refractivity contribution in [2.75, 3.05) is 31.6 Å². The summed E-state index contributed by atoms with van der Waals surface area (Å²) in [7, 11) is 0. The zero-order chi connectivity index (χ0) is 21.5. The fraction of sp³-hybridized carbons (Fsp3) is 0.450. The molecule has 0 bridgehead atoms. The second-order valence-electron chi connectivity index (χ2n) is 7.01. The van der Waals surface area contributed by atoms with Crippen LogP contribution in [0, 0.1) is 6.92 Å². The monoisotopic (exact) mass is 431 g/mol. The van der Waals surface area contributed by atoms with Crippen LogP contribution in [0.1, 0.15) is 46.1 Å². The van der Waals surface area contributed by atoms with Gasteiger partial charge in [-0.05, 0) is 38.8 Å². The maximum absolute atomic E-state index is 12.4. The van der Waals surface area contributed by atoms with E-state index in [1.807, 2.05) is 31.2 Å². The van der Waals surface area contributed by atoms with Gasteiger partial charge < -0.3 is 20.3 Å². The van der Waals surface area contributed by atoms with Crippen molar-refractivity contribution in [1.82, 2.24) is 20.4 Å². The number of aryl methyl sites for hydroxylation is 1. The number of carbonyl (C=O) groups excluding carboxylic acids is 3. The number of amides is 3. The first kappa shape index (κ1) is 21.7. The van der Waals surface area contributed by atoms with E-state index < -0.39 is 5.97 Å². The van der Waals surface area contributed by atoms with E-state index in [0.717, 1.165) is 23.4 Å². The molecule has 10 heteroatoms. The molecule has 1 atom stereocenters. The number of urea groups is 1. The number of aromatic nitrogens is 2. The van der Waals surface area contributed by atoms with Gasteiger partial charge in [0.25, 0.3) is 5.91 Å². The molecule has 0 unspecified atom stereocenters. The summed E-state index contributed by atoms with van der Waals surface area (Å²) in [5.41, 5.74) is 1.81. The number of likely N-dealkylation sites (tertiary alicyclic amines) is 1. The number of nitrogens with zero attached hydrogens (tertiary/aromatic N) is 3. The smallest absolute Gasteiger partial charge is 0.325 e. The van der Waals surface area contributed by atoms with Crippen molar-refractivity contribution in [3.8, 4) is 0 Å². The predicted octanol–water partition coefficient (Wildman–Crippen LogP) is 2.55. The molecule has 3 rings (SSSR count). The van der Waals surface area contributed by atoms with Crippen molar-refractivity contribution in [2.45, 2.75) is 32.6 Å². The number of benzene rings is 1. The lowest BCUT2D eigenvalue weighted by Gasteiger charge is -2.31. The Bertz CT molecular complexity index is 899. The highest BCUT2D eigenvalue weighted by molar-refractivity contribution is 7.13. The van der Waals surface area contributed by atoms with Gasteiger partial charge in [0, 0.05) is 24.7 Å². The Labute approximate surface area is 178 Å². The van der Waals surface area contributed by atoms with Crippen molar-refractivity contribution >= 4 is 34.9 Å². The Hall–Kier alpha value is -3.01. The van der Waals surface area contributed by atoms with Crippen LogP contribution in [0.4, 0.5) is 10.5 Å². The van der Waals surface area contributed by atoms with Gasteiger partial charge >= 0.3 is 12.0 Å². The van der Waals surface area contributed by atoms with Crippen LogP contribution >= 0.6 is 11.3 Å². The maximum atomic E-state index is 12.4. The van der Waals surface area contributed by atoms with Gasteiger partial charge in [-0.3, -0.25) is 9.59 Å². The van der Waals surface area contributed by atoms with Gasteiger partial charge in [0.15, 0.2) is 0 Å². The molecular formula is C20H25N5O4S. The molecule has 1 aliphatic rings. The largest absolute Gasteiger partial charge is 0.465 e. The highest BCUT2D eigenvalue weighted by Crippen LogP contribution is 2.29. The van der Waals surface area contributed by atoms with E-state index in [4.69, 9.17) is 4.74 Å². The Balaban J connectivity index is 1.56. The van der Waals surface area contributed by atoms with Crippen molar-refractivity contribution in [1.29, 1.82) is 0 Å². The number of hydrogen-bond acceptors (Lipinski definition) is 7. The predicted molar refractivity (Wildman–Crippen MR) is 113 cm³/mol. The lowest BCUT2D eigenvalue weighted by Crippen LogP contribution is -2.46. The molecule has 1 saturated heterocycles. The summed E-state index contributed by atoms with van der Waals surface area (Å²) in [6.07, 6.45) is 1.66. The summed E-state index contributed by atoms with van der Waals surface area (Å²) in [5, 5.41) is 14.6. The third-order valence-corrected chi connectivity index (χ3v) is 5.78. The van der Waals surface area contributed by atoms with Crippen molar-refractivity contribution in [2.24, 2.45) is 0 Å². The Morgan fingerprint density at radius 2 is 2.00 bits per heavy atom. The van der Waals surface area contributed by atoms with E-state index in [-0.39, 0.29) is 36.0 Å². The average molecular weight is 432 g/mol. The summed E-state index contributed by atoms with van der Waals surface area (Å²) < 4.78 is 4.82. The molecule has 0 aliphatic carbocycles. The number of carbonyl (C=O) groups is 3. The lowest BCUT2D eigenvalue weighted by atomic mass is 9.99. The number of ether oxygens (including phenoxy) is 1. The molecule has 30 heavy (non-hydrogen) atoms. The van der Waals surface area contributed by atoms with Crippen LogP contribution < -0.4 is 10.6 Å². The van der Waals surface area contributed by atoms with Crippen LogP contribution in [0.2, 0.25) is 0 Å². The molecule has 1 fully saturated rings. The van der Waals surface area contributed by atoms with Crippen LogP contribution in [0.5, 0.6) is 0 Å². The van der Waals surface area contributed by atoms with Crippen LogP contribution in [0.15, 0.2) is 24.3 Å². The molecule has 2 aromatic rings. The zero-order valence-corrected chi connectivity index (χ0v) is 17.8. The first-order valence-corrected chi connectivity index (χ1v) is 10.7. The minimum atomic E-state index is -0.465. The first-order valence-electron chi connectivity index (χ1n) is 9.86. The van der Waals surface area contributed by atoms with Crippen LogP contribution in [0.3, 0.4) is 0 Å². The number of nitrogens with one attached hydrogen (secondary N) is 2. The normalized spacial score (nSPS) is 16.1. The molecular weight excluding hydrogens is 406 g/mol. The van der Waals surface area contributed by atoms with Gasteiger partial charge in [-0.25, -0.2) is 4.79 Å². The molecule has 2 heterocycles. The Morgan fingerprint density at radius 1 is 1.23 bits per heavy atom. The van der Waals surface area contributed by atoms with Gasteiger partial charge in [-0.1, -0.05) is 29.0 Å². The molecule has 160 valence electrons. The van der Waals surface area contributed by atoms with E-state index in [9.17, 15) is 14.4 Å². The summed E-state index contributed by atoms with van der Waals surface area (Å²) in [4.78, 5) is 37.9. The standard InChI is InChI=1S/C20H25N5O4S/c1-3-29-16(26)11-21-20(28)25-10-4-5-14(12-25)18-23-24-19(30-18)17(27)22-15-8-6-13(2)7-9-15/h6-9,14H,3-5,10-12H2,1-2H3,(H,21,28)(H,22,27)/t14-/m1/s1. The number of hydrogen-bond donors (Lipinski definition) is 2. The highest BCUT2D eigenvalue weighted by Gasteiger charge is 2.28. The zero-order valence-electron chi connectivity index (χ0n) is 17.0. The highest BCUT2D eigenvalue weighted by atomic mass is 32.1. The Morgan fingerprint density at radius 3 is 2.73 bits per heavy atom. The molecule has 0 radical (unpaired) electrons. The van der Waals surface area contributed by atoms with Crippen LogP contribution in [0.25, 0.3) is 0 Å². The molecule has 0 spiro atoms. The first-order chi connectivity index (χ1) is 14.5. The quantitative estimate of drug-likeness (QED) is 0.680. The second kappa shape index (κ2) is 10.1. The third kappa shape index (κ3) is 5.76. The summed E-state index contributed by atoms with van der Waals surface area (Å²) >= 11 is 1.24. The molecule has 1 aliphatic heterocycles. The van der Waals surface area contributed by atoms with Crippen molar-refractivity contribution < 1.29 is 19.1 Å². The SMILES string of the molecule is CCOC(=O)CNC(=O)N1CCC[C@@H](c2nnc(C(=O)Nc3ccc(C)cc3)s2)C1. The average Bonchev–Trinajstić information content (AvgIpc) is 3.24. The molecule has 9 nitrogen and oxygen atoms in total. The molecule has 1 aromatic heterocycles. The van der Waals surface area contributed by atoms with E-state index >= 15 is 0 Å². The summed E-state index contributed by atoms with van der Waals surface area (Å²) in [6, 6.07) is 7.21. The van der Waals surface area contributed by atoms with E-state index in [0.29, 0.717) is 18.8 Å². The third-order valence-electron chi connectivity index (χ3n) is 4.69. The summed E-state index contributed by atoms with van der Waals surface area (Å²) in [5.74, 6) is -0.763. The van der Waals surface area contributed by atoms with Crippen LogP contribution in [-0.4, -0.2) is 59.2 Å². The van der Waals surface area contributed by atoms with Crippen molar-refractivity contribution in [3.05, 3.63) is 39.8 Å². The fourth-order valence-corrected chi connectivity index (χ4v) is 4.01. The van der Waals surface area contributed by atoms with Gasteiger partial charge in [-0.2, -0.15) is 0 Å². The maximum Gasteiger partial charge on any atom is 0.325 e. The molecule has 2 N–H and O–H groups in total. The molecule has 3 amide bonds. The summed E-state index contributed by atoms with van der Waals surface area (Å²) in [6.45, 7) is 4.88. The number of esters is 1. The molecule has 1 aromatic carbocycles. The fourth-order valence-electron chi connectivity index (χ4n) is 3.15. The number of anilines is 1. The van der Waals surface area contributed by atoms with Crippen molar-refractivity contribution in [3.63, 3.8) is 0 Å². The number of rotatable bonds is 6. The van der Waals surface area contributed by atoms with Gasteiger partial charge in [-0.15, -0.1) is 10.2 Å². The molecule has 0 saturated carbocycles. The lowest BCUT2D eigenvalue weighted by molar-refractivity contribution is -0.141. The topological polar surface area (TPSA) is 114 Å². The van der Waals surface area contributed by atoms with Gasteiger partial charge in [0.05, 0.1) is 6.61 Å². The number of piperidine rings is 1. The van der Waals surface area contributed by atoms with Crippen LogP contribution in [-0.2, 0) is 9.53 Å². The van der Waals surface area contributed by atoms with E-state index in [2.05, 4.69) is 20.8 Å². The minimum Gasteiger partial charge on any atom is -0.465 e. The van der Waals surface area contributed by atoms with E-state index in [1.54, 1.807) is 11.8 Å². The Kier molecular flexibility index (Phi) is 7.34. The second-order valence-corrected chi connectivity index (χ2v) is 8.02. The van der Waals surface area contributed by atoms with Gasteiger partial charge in [0.1, 0.15) is 11.6 Å². The van der Waals surface area contributed by atoms with E-state index in [1.165, 1.54) is 11.3 Å². The van der Waals surface area contributed by atoms with Gasteiger partial charge in [0.2, 0.25) is 5.01 Å².